The number of methoxy groups -OCH3 is 1. The molecule has 1 saturated carbocycles. The van der Waals surface area contributed by atoms with Crippen LogP contribution in [0.2, 0.25) is 0 Å². The molecule has 2 aromatic rings. The van der Waals surface area contributed by atoms with E-state index in [0.29, 0.717) is 18.5 Å². The summed E-state index contributed by atoms with van der Waals surface area (Å²) in [5, 5.41) is 17.5. The highest BCUT2D eigenvalue weighted by Gasteiger charge is 2.30. The zero-order valence-corrected chi connectivity index (χ0v) is 13.0. The highest BCUT2D eigenvalue weighted by molar-refractivity contribution is 7.07. The number of hydrogen-bond donors (Lipinski definition) is 2. The SMILES string of the molecule is COc1cccc(C2CC(NCC(O)c3ccsc3)C2)c1. The maximum atomic E-state index is 10.1. The lowest BCUT2D eigenvalue weighted by molar-refractivity contribution is 0.157. The molecule has 1 aliphatic carbocycles. The van der Waals surface area contributed by atoms with Gasteiger partial charge in [0.1, 0.15) is 5.75 Å². The van der Waals surface area contributed by atoms with Gasteiger partial charge >= 0.3 is 0 Å². The second kappa shape index (κ2) is 6.60. The van der Waals surface area contributed by atoms with Gasteiger partial charge in [0.2, 0.25) is 0 Å². The molecule has 1 unspecified atom stereocenters. The number of aliphatic hydroxyl groups excluding tert-OH is 1. The molecule has 1 atom stereocenters. The van der Waals surface area contributed by atoms with Crippen LogP contribution in [0.25, 0.3) is 0 Å². The van der Waals surface area contributed by atoms with Gasteiger partial charge in [0, 0.05) is 12.6 Å². The molecule has 0 aliphatic heterocycles. The number of benzene rings is 1. The molecule has 4 heteroatoms. The molecule has 3 rings (SSSR count). The third-order valence-electron chi connectivity index (χ3n) is 4.23. The molecule has 112 valence electrons. The molecule has 0 spiro atoms. The first kappa shape index (κ1) is 14.6. The van der Waals surface area contributed by atoms with Gasteiger partial charge in [0.15, 0.2) is 0 Å². The zero-order chi connectivity index (χ0) is 14.7. The van der Waals surface area contributed by atoms with Gasteiger partial charge < -0.3 is 15.2 Å². The smallest absolute Gasteiger partial charge is 0.119 e. The molecule has 3 nitrogen and oxygen atoms in total. The fourth-order valence-electron chi connectivity index (χ4n) is 2.81. The van der Waals surface area contributed by atoms with Gasteiger partial charge in [-0.1, -0.05) is 12.1 Å². The Hall–Kier alpha value is -1.36. The van der Waals surface area contributed by atoms with E-state index < -0.39 is 6.10 Å². The van der Waals surface area contributed by atoms with Crippen molar-refractivity contribution in [1.82, 2.24) is 5.32 Å². The topological polar surface area (TPSA) is 41.5 Å². The number of rotatable bonds is 6. The standard InChI is InChI=1S/C17H21NO2S/c1-20-16-4-2-3-12(9-16)14-7-15(8-14)18-10-17(19)13-5-6-21-11-13/h2-6,9,11,14-15,17-19H,7-8,10H2,1H3. The van der Waals surface area contributed by atoms with Crippen molar-refractivity contribution in [2.24, 2.45) is 0 Å². The Morgan fingerprint density at radius 3 is 2.95 bits per heavy atom. The van der Waals surface area contributed by atoms with Gasteiger partial charge in [-0.15, -0.1) is 0 Å². The van der Waals surface area contributed by atoms with Crippen LogP contribution in [-0.4, -0.2) is 24.8 Å². The van der Waals surface area contributed by atoms with Crippen LogP contribution in [0.4, 0.5) is 0 Å². The van der Waals surface area contributed by atoms with Crippen molar-refractivity contribution in [3.05, 3.63) is 52.2 Å². The summed E-state index contributed by atoms with van der Waals surface area (Å²) < 4.78 is 5.27. The van der Waals surface area contributed by atoms with Crippen LogP contribution in [0, 0.1) is 0 Å². The predicted octanol–water partition coefficient (Wildman–Crippen LogP) is 3.33. The molecule has 0 radical (unpaired) electrons. The molecule has 1 aromatic heterocycles. The number of ether oxygens (including phenoxy) is 1. The van der Waals surface area contributed by atoms with Crippen molar-refractivity contribution in [3.8, 4) is 5.75 Å². The molecule has 0 amide bonds. The summed E-state index contributed by atoms with van der Waals surface area (Å²) in [4.78, 5) is 0. The van der Waals surface area contributed by atoms with Crippen molar-refractivity contribution in [1.29, 1.82) is 0 Å². The maximum absolute atomic E-state index is 10.1. The number of thiophene rings is 1. The summed E-state index contributed by atoms with van der Waals surface area (Å²) >= 11 is 1.62. The number of nitrogens with one attached hydrogen (secondary N) is 1. The first-order valence-electron chi connectivity index (χ1n) is 7.33. The minimum absolute atomic E-state index is 0.396. The first-order valence-corrected chi connectivity index (χ1v) is 8.28. The van der Waals surface area contributed by atoms with Crippen LogP contribution < -0.4 is 10.1 Å². The Labute approximate surface area is 129 Å². The molecular weight excluding hydrogens is 282 g/mol. The van der Waals surface area contributed by atoms with E-state index in [-0.39, 0.29) is 0 Å². The van der Waals surface area contributed by atoms with Crippen molar-refractivity contribution in [2.75, 3.05) is 13.7 Å². The van der Waals surface area contributed by atoms with Crippen LogP contribution in [0.5, 0.6) is 5.75 Å². The molecule has 2 N–H and O–H groups in total. The fourth-order valence-corrected chi connectivity index (χ4v) is 3.52. The summed E-state index contributed by atoms with van der Waals surface area (Å²) in [6, 6.07) is 10.8. The summed E-state index contributed by atoms with van der Waals surface area (Å²) in [5.41, 5.74) is 2.36. The number of aliphatic hydroxyl groups is 1. The van der Waals surface area contributed by atoms with Crippen LogP contribution >= 0.6 is 11.3 Å². The highest BCUT2D eigenvalue weighted by atomic mass is 32.1. The summed E-state index contributed by atoms with van der Waals surface area (Å²) in [6.45, 7) is 0.631. The molecule has 1 heterocycles. The molecular formula is C17H21NO2S. The Kier molecular flexibility index (Phi) is 4.58. The van der Waals surface area contributed by atoms with Gasteiger partial charge in [-0.3, -0.25) is 0 Å². The van der Waals surface area contributed by atoms with Gasteiger partial charge in [-0.25, -0.2) is 0 Å². The fraction of sp³-hybridized carbons (Fsp3) is 0.412. The Bertz CT molecular complexity index is 564. The Balaban J connectivity index is 1.45. The van der Waals surface area contributed by atoms with E-state index in [1.165, 1.54) is 5.56 Å². The molecule has 0 saturated heterocycles. The normalized spacial score (nSPS) is 22.6. The molecule has 1 fully saturated rings. The first-order chi connectivity index (χ1) is 10.3. The number of hydrogen-bond acceptors (Lipinski definition) is 4. The lowest BCUT2D eigenvalue weighted by Crippen LogP contribution is -2.41. The lowest BCUT2D eigenvalue weighted by atomic mass is 9.76. The van der Waals surface area contributed by atoms with Crippen LogP contribution in [0.15, 0.2) is 41.1 Å². The van der Waals surface area contributed by atoms with E-state index in [1.54, 1.807) is 18.4 Å². The van der Waals surface area contributed by atoms with Crippen molar-refractivity contribution in [2.45, 2.75) is 30.9 Å². The van der Waals surface area contributed by atoms with E-state index in [1.807, 2.05) is 22.9 Å². The van der Waals surface area contributed by atoms with Crippen molar-refractivity contribution < 1.29 is 9.84 Å². The average Bonchev–Trinajstić information content (AvgIpc) is 3.00. The van der Waals surface area contributed by atoms with Crippen LogP contribution in [0.3, 0.4) is 0 Å². The van der Waals surface area contributed by atoms with Gasteiger partial charge in [-0.2, -0.15) is 11.3 Å². The predicted molar refractivity (Wildman–Crippen MR) is 86.0 cm³/mol. The van der Waals surface area contributed by atoms with E-state index in [9.17, 15) is 5.11 Å². The summed E-state index contributed by atoms with van der Waals surface area (Å²) in [7, 11) is 1.70. The third kappa shape index (κ3) is 3.46. The van der Waals surface area contributed by atoms with Crippen LogP contribution in [0.1, 0.15) is 36.0 Å². The lowest BCUT2D eigenvalue weighted by Gasteiger charge is -2.37. The minimum Gasteiger partial charge on any atom is -0.497 e. The van der Waals surface area contributed by atoms with Crippen LogP contribution in [-0.2, 0) is 0 Å². The Morgan fingerprint density at radius 1 is 1.38 bits per heavy atom. The van der Waals surface area contributed by atoms with Gasteiger partial charge in [0.05, 0.1) is 13.2 Å². The largest absolute Gasteiger partial charge is 0.497 e. The maximum Gasteiger partial charge on any atom is 0.119 e. The molecule has 21 heavy (non-hydrogen) atoms. The molecule has 0 bridgehead atoms. The quantitative estimate of drug-likeness (QED) is 0.860. The third-order valence-corrected chi connectivity index (χ3v) is 4.93. The average molecular weight is 303 g/mol. The minimum atomic E-state index is -0.396. The molecule has 1 aromatic carbocycles. The second-order valence-corrected chi connectivity index (χ2v) is 6.40. The Morgan fingerprint density at radius 2 is 2.24 bits per heavy atom. The summed E-state index contributed by atoms with van der Waals surface area (Å²) in [6.07, 6.45) is 1.86. The van der Waals surface area contributed by atoms with Gasteiger partial charge in [0.25, 0.3) is 0 Å². The van der Waals surface area contributed by atoms with E-state index in [0.717, 1.165) is 24.2 Å². The zero-order valence-electron chi connectivity index (χ0n) is 12.2. The van der Waals surface area contributed by atoms with E-state index in [2.05, 4.69) is 23.5 Å². The van der Waals surface area contributed by atoms with E-state index >= 15 is 0 Å². The summed E-state index contributed by atoms with van der Waals surface area (Å²) in [5.74, 6) is 1.53. The molecule has 1 aliphatic rings. The van der Waals surface area contributed by atoms with Gasteiger partial charge in [-0.05, 0) is 58.8 Å². The van der Waals surface area contributed by atoms with E-state index in [4.69, 9.17) is 4.74 Å². The van der Waals surface area contributed by atoms with Crippen molar-refractivity contribution >= 4 is 11.3 Å². The highest BCUT2D eigenvalue weighted by Crippen LogP contribution is 2.38. The van der Waals surface area contributed by atoms with Crippen molar-refractivity contribution in [3.63, 3.8) is 0 Å². The second-order valence-electron chi connectivity index (χ2n) is 5.62. The monoisotopic (exact) mass is 303 g/mol.